The second-order valence-electron chi connectivity index (χ2n) is 4.72. The van der Waals surface area contributed by atoms with Crippen LogP contribution in [0.15, 0.2) is 18.2 Å². The Kier molecular flexibility index (Phi) is 4.16. The Morgan fingerprint density at radius 3 is 2.14 bits per heavy atom. The van der Waals surface area contributed by atoms with Crippen LogP contribution in [0.5, 0.6) is 11.5 Å². The highest BCUT2D eigenvalue weighted by atomic mass is 16.5. The van der Waals surface area contributed by atoms with E-state index in [0.717, 1.165) is 17.1 Å². The first-order valence-corrected chi connectivity index (χ1v) is 6.51. The fourth-order valence-electron chi connectivity index (χ4n) is 2.08. The zero-order valence-electron chi connectivity index (χ0n) is 12.9. The first-order valence-electron chi connectivity index (χ1n) is 6.51. The van der Waals surface area contributed by atoms with Crippen molar-refractivity contribution in [3.05, 3.63) is 35.2 Å². The van der Waals surface area contributed by atoms with Crippen molar-refractivity contribution in [1.82, 2.24) is 9.78 Å². The fraction of sp³-hybridized carbons (Fsp3) is 0.333. The fourth-order valence-corrected chi connectivity index (χ4v) is 2.08. The van der Waals surface area contributed by atoms with Crippen molar-refractivity contribution >= 4 is 11.6 Å². The second-order valence-corrected chi connectivity index (χ2v) is 4.72. The quantitative estimate of drug-likeness (QED) is 0.938. The lowest BCUT2D eigenvalue weighted by Gasteiger charge is -2.09. The molecule has 0 aliphatic rings. The van der Waals surface area contributed by atoms with Crippen molar-refractivity contribution < 1.29 is 14.3 Å². The Hall–Kier alpha value is -2.50. The SMILES string of the molecule is COc1cc(OC)cc(C(=O)Nc2c(C)nn(C)c2C)c1. The summed E-state index contributed by atoms with van der Waals surface area (Å²) in [5.74, 6) is 0.907. The molecule has 21 heavy (non-hydrogen) atoms. The van der Waals surface area contributed by atoms with Gasteiger partial charge in [0.1, 0.15) is 11.5 Å². The number of aromatic nitrogens is 2. The molecule has 1 amide bonds. The number of carbonyl (C=O) groups excluding carboxylic acids is 1. The minimum Gasteiger partial charge on any atom is -0.497 e. The highest BCUT2D eigenvalue weighted by Gasteiger charge is 2.15. The van der Waals surface area contributed by atoms with E-state index < -0.39 is 0 Å². The van der Waals surface area contributed by atoms with E-state index in [4.69, 9.17) is 9.47 Å². The molecule has 0 aliphatic carbocycles. The van der Waals surface area contributed by atoms with Crippen LogP contribution in [-0.4, -0.2) is 29.9 Å². The minimum atomic E-state index is -0.230. The average molecular weight is 289 g/mol. The third-order valence-electron chi connectivity index (χ3n) is 3.36. The smallest absolute Gasteiger partial charge is 0.256 e. The average Bonchev–Trinajstić information content (AvgIpc) is 2.72. The molecule has 0 bridgehead atoms. The summed E-state index contributed by atoms with van der Waals surface area (Å²) in [5, 5.41) is 7.16. The van der Waals surface area contributed by atoms with Gasteiger partial charge in [0.15, 0.2) is 0 Å². The summed E-state index contributed by atoms with van der Waals surface area (Å²) in [6.45, 7) is 3.76. The van der Waals surface area contributed by atoms with Crippen LogP contribution in [0.1, 0.15) is 21.7 Å². The van der Waals surface area contributed by atoms with E-state index in [2.05, 4.69) is 10.4 Å². The van der Waals surface area contributed by atoms with Crippen LogP contribution >= 0.6 is 0 Å². The highest BCUT2D eigenvalue weighted by Crippen LogP contribution is 2.24. The number of methoxy groups -OCH3 is 2. The van der Waals surface area contributed by atoms with Crippen molar-refractivity contribution in [3.8, 4) is 11.5 Å². The monoisotopic (exact) mass is 289 g/mol. The number of amides is 1. The standard InChI is InChI=1S/C15H19N3O3/c1-9-14(10(2)18(3)17-9)16-15(19)11-6-12(20-4)8-13(7-11)21-5/h6-8H,1-5H3,(H,16,19). The second kappa shape index (κ2) is 5.87. The predicted molar refractivity (Wildman–Crippen MR) is 80.2 cm³/mol. The number of rotatable bonds is 4. The van der Waals surface area contributed by atoms with E-state index in [0.29, 0.717) is 17.1 Å². The van der Waals surface area contributed by atoms with E-state index in [1.807, 2.05) is 20.9 Å². The number of ether oxygens (including phenoxy) is 2. The van der Waals surface area contributed by atoms with Crippen LogP contribution in [0.25, 0.3) is 0 Å². The summed E-state index contributed by atoms with van der Waals surface area (Å²) in [7, 11) is 4.93. The zero-order valence-corrected chi connectivity index (χ0v) is 12.9. The minimum absolute atomic E-state index is 0.230. The summed E-state index contributed by atoms with van der Waals surface area (Å²) in [4.78, 5) is 12.4. The van der Waals surface area contributed by atoms with Gasteiger partial charge in [0, 0.05) is 18.7 Å². The molecule has 112 valence electrons. The number of carbonyl (C=O) groups is 1. The molecule has 6 heteroatoms. The number of aryl methyl sites for hydroxylation is 2. The molecular weight excluding hydrogens is 270 g/mol. The van der Waals surface area contributed by atoms with Gasteiger partial charge < -0.3 is 14.8 Å². The van der Waals surface area contributed by atoms with Crippen LogP contribution in [0, 0.1) is 13.8 Å². The Labute approximate surface area is 123 Å². The van der Waals surface area contributed by atoms with Crippen LogP contribution in [-0.2, 0) is 7.05 Å². The highest BCUT2D eigenvalue weighted by molar-refractivity contribution is 6.05. The molecule has 1 aromatic heterocycles. The lowest BCUT2D eigenvalue weighted by atomic mass is 10.1. The van der Waals surface area contributed by atoms with E-state index >= 15 is 0 Å². The molecule has 1 heterocycles. The Morgan fingerprint density at radius 1 is 1.14 bits per heavy atom. The molecule has 0 aliphatic heterocycles. The van der Waals surface area contributed by atoms with Crippen molar-refractivity contribution in [1.29, 1.82) is 0 Å². The first-order chi connectivity index (χ1) is 9.96. The van der Waals surface area contributed by atoms with Crippen molar-refractivity contribution in [2.75, 3.05) is 19.5 Å². The van der Waals surface area contributed by atoms with Gasteiger partial charge in [0.25, 0.3) is 5.91 Å². The Morgan fingerprint density at radius 2 is 1.71 bits per heavy atom. The number of hydrogen-bond acceptors (Lipinski definition) is 4. The summed E-state index contributed by atoms with van der Waals surface area (Å²) < 4.78 is 12.1. The van der Waals surface area contributed by atoms with E-state index in [9.17, 15) is 4.79 Å². The normalized spacial score (nSPS) is 10.3. The van der Waals surface area contributed by atoms with Gasteiger partial charge in [-0.3, -0.25) is 9.48 Å². The molecule has 0 saturated heterocycles. The van der Waals surface area contributed by atoms with Crippen LogP contribution in [0.2, 0.25) is 0 Å². The number of benzene rings is 1. The van der Waals surface area contributed by atoms with Crippen molar-refractivity contribution in [2.45, 2.75) is 13.8 Å². The molecular formula is C15H19N3O3. The van der Waals surface area contributed by atoms with E-state index in [-0.39, 0.29) is 5.91 Å². The van der Waals surface area contributed by atoms with Gasteiger partial charge in [-0.25, -0.2) is 0 Å². The molecule has 1 aromatic carbocycles. The lowest BCUT2D eigenvalue weighted by molar-refractivity contribution is 0.102. The maximum absolute atomic E-state index is 12.4. The Balaban J connectivity index is 2.32. The van der Waals surface area contributed by atoms with Crippen LogP contribution in [0.4, 0.5) is 5.69 Å². The van der Waals surface area contributed by atoms with Gasteiger partial charge in [0.05, 0.1) is 31.3 Å². The molecule has 0 unspecified atom stereocenters. The van der Waals surface area contributed by atoms with Crippen LogP contribution in [0.3, 0.4) is 0 Å². The summed E-state index contributed by atoms with van der Waals surface area (Å²) >= 11 is 0. The van der Waals surface area contributed by atoms with Crippen molar-refractivity contribution in [3.63, 3.8) is 0 Å². The van der Waals surface area contributed by atoms with Gasteiger partial charge in [0.2, 0.25) is 0 Å². The number of nitrogens with one attached hydrogen (secondary N) is 1. The molecule has 1 N–H and O–H groups in total. The molecule has 6 nitrogen and oxygen atoms in total. The topological polar surface area (TPSA) is 65.4 Å². The molecule has 2 aromatic rings. The number of anilines is 1. The maximum Gasteiger partial charge on any atom is 0.256 e. The van der Waals surface area contributed by atoms with Gasteiger partial charge >= 0.3 is 0 Å². The van der Waals surface area contributed by atoms with Gasteiger partial charge in [-0.1, -0.05) is 0 Å². The molecule has 2 rings (SSSR count). The van der Waals surface area contributed by atoms with Gasteiger partial charge in [-0.05, 0) is 26.0 Å². The molecule has 0 fully saturated rings. The zero-order chi connectivity index (χ0) is 15.6. The molecule has 0 atom stereocenters. The third kappa shape index (κ3) is 2.99. The summed E-state index contributed by atoms with van der Waals surface area (Å²) in [6.07, 6.45) is 0. The maximum atomic E-state index is 12.4. The van der Waals surface area contributed by atoms with Crippen molar-refractivity contribution in [2.24, 2.45) is 7.05 Å². The van der Waals surface area contributed by atoms with Crippen LogP contribution < -0.4 is 14.8 Å². The molecule has 0 spiro atoms. The van der Waals surface area contributed by atoms with E-state index in [1.54, 1.807) is 37.1 Å². The third-order valence-corrected chi connectivity index (χ3v) is 3.36. The molecule has 0 saturated carbocycles. The predicted octanol–water partition coefficient (Wildman–Crippen LogP) is 2.31. The number of nitrogens with zero attached hydrogens (tertiary/aromatic N) is 2. The summed E-state index contributed by atoms with van der Waals surface area (Å²) in [6, 6.07) is 5.05. The number of hydrogen-bond donors (Lipinski definition) is 1. The largest absolute Gasteiger partial charge is 0.497 e. The Bertz CT molecular complexity index is 655. The van der Waals surface area contributed by atoms with Gasteiger partial charge in [-0.15, -0.1) is 0 Å². The summed E-state index contributed by atoms with van der Waals surface area (Å²) in [5.41, 5.74) is 2.87. The molecule has 0 radical (unpaired) electrons. The first kappa shape index (κ1) is 14.9. The van der Waals surface area contributed by atoms with E-state index in [1.165, 1.54) is 0 Å². The lowest BCUT2D eigenvalue weighted by Crippen LogP contribution is -2.13. The van der Waals surface area contributed by atoms with Gasteiger partial charge in [-0.2, -0.15) is 5.10 Å².